The van der Waals surface area contributed by atoms with Gasteiger partial charge in [-0.15, -0.1) is 0 Å². The number of nitrogens with one attached hydrogen (secondary N) is 1. The van der Waals surface area contributed by atoms with Gasteiger partial charge in [0.15, 0.2) is 0 Å². The van der Waals surface area contributed by atoms with E-state index in [-0.39, 0.29) is 11.9 Å². The molecule has 1 aliphatic rings. The average Bonchev–Trinajstić information content (AvgIpc) is 3.30. The smallest absolute Gasteiger partial charge is 0.128 e. The number of hydrogen-bond acceptors (Lipinski definition) is 2. The fourth-order valence-electron chi connectivity index (χ4n) is 4.13. The molecule has 1 N–H and O–H groups in total. The number of nitrogens with zero attached hydrogens (tertiary/aromatic N) is 1. The van der Waals surface area contributed by atoms with Gasteiger partial charge in [-0.3, -0.25) is 4.90 Å². The standard InChI is InChI=1S/C22H19FN2O/c23-19-7-3-1-6-18(19)22-21-17(16-5-2-4-8-20(16)24-21)9-11-25(22)13-15-10-12-26-14-15/h1-8,10,12,14,22,24H,9,11,13H2. The Kier molecular flexibility index (Phi) is 3.64. The number of rotatable bonds is 3. The maximum absolute atomic E-state index is 14.7. The summed E-state index contributed by atoms with van der Waals surface area (Å²) in [6.45, 7) is 1.60. The van der Waals surface area contributed by atoms with Crippen molar-refractivity contribution in [3.8, 4) is 0 Å². The molecule has 2 aromatic carbocycles. The summed E-state index contributed by atoms with van der Waals surface area (Å²) in [5, 5.41) is 1.24. The van der Waals surface area contributed by atoms with Gasteiger partial charge in [0.2, 0.25) is 0 Å². The topological polar surface area (TPSA) is 32.2 Å². The normalized spacial score (nSPS) is 17.5. The van der Waals surface area contributed by atoms with Crippen LogP contribution in [0.15, 0.2) is 71.5 Å². The number of H-pyrrole nitrogens is 1. The lowest BCUT2D eigenvalue weighted by molar-refractivity contribution is 0.198. The predicted molar refractivity (Wildman–Crippen MR) is 99.4 cm³/mol. The van der Waals surface area contributed by atoms with Crippen molar-refractivity contribution in [3.05, 3.63) is 95.3 Å². The van der Waals surface area contributed by atoms with Gasteiger partial charge in [-0.2, -0.15) is 0 Å². The molecule has 2 aromatic heterocycles. The first kappa shape index (κ1) is 15.4. The van der Waals surface area contributed by atoms with Gasteiger partial charge >= 0.3 is 0 Å². The van der Waals surface area contributed by atoms with Crippen molar-refractivity contribution in [3.63, 3.8) is 0 Å². The van der Waals surface area contributed by atoms with E-state index in [9.17, 15) is 4.39 Å². The zero-order chi connectivity index (χ0) is 17.5. The Morgan fingerprint density at radius 3 is 2.77 bits per heavy atom. The highest BCUT2D eigenvalue weighted by atomic mass is 19.1. The minimum absolute atomic E-state index is 0.137. The van der Waals surface area contributed by atoms with E-state index < -0.39 is 0 Å². The molecular weight excluding hydrogens is 327 g/mol. The molecule has 4 heteroatoms. The Morgan fingerprint density at radius 1 is 1.08 bits per heavy atom. The SMILES string of the molecule is Fc1ccccc1C1c2[nH]c3ccccc3c2CCN1Cc1ccoc1. The van der Waals surface area contributed by atoms with Crippen LogP contribution < -0.4 is 0 Å². The zero-order valence-corrected chi connectivity index (χ0v) is 14.3. The number of aromatic amines is 1. The highest BCUT2D eigenvalue weighted by Gasteiger charge is 2.33. The van der Waals surface area contributed by atoms with E-state index in [1.807, 2.05) is 24.3 Å². The summed E-state index contributed by atoms with van der Waals surface area (Å²) in [6, 6.07) is 17.3. The van der Waals surface area contributed by atoms with Gasteiger partial charge in [0.05, 0.1) is 18.6 Å². The molecule has 3 heterocycles. The van der Waals surface area contributed by atoms with Gasteiger partial charge in [-0.25, -0.2) is 4.39 Å². The van der Waals surface area contributed by atoms with E-state index in [2.05, 4.69) is 28.1 Å². The van der Waals surface area contributed by atoms with Gasteiger partial charge < -0.3 is 9.40 Å². The molecule has 0 radical (unpaired) electrons. The zero-order valence-electron chi connectivity index (χ0n) is 14.3. The molecule has 1 unspecified atom stereocenters. The first-order valence-electron chi connectivity index (χ1n) is 8.90. The highest BCUT2D eigenvalue weighted by molar-refractivity contribution is 5.85. The molecule has 0 spiro atoms. The molecule has 1 atom stereocenters. The molecule has 1 aliphatic heterocycles. The van der Waals surface area contributed by atoms with Gasteiger partial charge in [0.25, 0.3) is 0 Å². The number of para-hydroxylation sites is 1. The summed E-state index contributed by atoms with van der Waals surface area (Å²) < 4.78 is 19.9. The van der Waals surface area contributed by atoms with Crippen LogP contribution >= 0.6 is 0 Å². The first-order chi connectivity index (χ1) is 12.8. The number of aromatic nitrogens is 1. The summed E-state index contributed by atoms with van der Waals surface area (Å²) in [4.78, 5) is 5.89. The fourth-order valence-corrected chi connectivity index (χ4v) is 4.13. The largest absolute Gasteiger partial charge is 0.472 e. The van der Waals surface area contributed by atoms with Crippen molar-refractivity contribution in [2.75, 3.05) is 6.54 Å². The van der Waals surface area contributed by atoms with Crippen LogP contribution in [0.25, 0.3) is 10.9 Å². The number of benzene rings is 2. The summed E-state index contributed by atoms with van der Waals surface area (Å²) in [5.41, 5.74) is 5.33. The Bertz CT molecular complexity index is 1050. The van der Waals surface area contributed by atoms with E-state index >= 15 is 0 Å². The summed E-state index contributed by atoms with van der Waals surface area (Å²) in [7, 11) is 0. The second-order valence-corrected chi connectivity index (χ2v) is 6.84. The Morgan fingerprint density at radius 2 is 1.92 bits per heavy atom. The molecule has 0 saturated heterocycles. The Labute approximate surface area is 151 Å². The van der Waals surface area contributed by atoms with Gasteiger partial charge in [0.1, 0.15) is 5.82 Å². The van der Waals surface area contributed by atoms with E-state index in [0.29, 0.717) is 5.56 Å². The lowest BCUT2D eigenvalue weighted by Gasteiger charge is -2.36. The van der Waals surface area contributed by atoms with E-state index in [0.717, 1.165) is 36.3 Å². The molecule has 0 saturated carbocycles. The van der Waals surface area contributed by atoms with Crippen molar-refractivity contribution in [1.82, 2.24) is 9.88 Å². The third-order valence-corrected chi connectivity index (χ3v) is 5.30. The number of hydrogen-bond donors (Lipinski definition) is 1. The molecule has 0 amide bonds. The Hall–Kier alpha value is -2.85. The fraction of sp³-hybridized carbons (Fsp3) is 0.182. The van der Waals surface area contributed by atoms with Gasteiger partial charge in [-0.05, 0) is 30.2 Å². The lowest BCUT2D eigenvalue weighted by Crippen LogP contribution is -2.36. The molecule has 3 nitrogen and oxygen atoms in total. The van der Waals surface area contributed by atoms with Crippen LogP contribution in [0.1, 0.15) is 28.4 Å². The predicted octanol–water partition coefficient (Wildman–Crippen LogP) is 5.05. The third-order valence-electron chi connectivity index (χ3n) is 5.30. The second kappa shape index (κ2) is 6.15. The Balaban J connectivity index is 1.67. The molecule has 5 rings (SSSR count). The summed E-state index contributed by atoms with van der Waals surface area (Å²) >= 11 is 0. The van der Waals surface area contributed by atoms with E-state index in [1.165, 1.54) is 10.9 Å². The van der Waals surface area contributed by atoms with Gasteiger partial charge in [-0.1, -0.05) is 36.4 Å². The van der Waals surface area contributed by atoms with Gasteiger partial charge in [0, 0.05) is 40.8 Å². The lowest BCUT2D eigenvalue weighted by atomic mass is 9.92. The average molecular weight is 346 g/mol. The van der Waals surface area contributed by atoms with Crippen molar-refractivity contribution < 1.29 is 8.81 Å². The summed E-state index contributed by atoms with van der Waals surface area (Å²) in [6.07, 6.45) is 4.40. The van der Waals surface area contributed by atoms with E-state index in [1.54, 1.807) is 24.7 Å². The second-order valence-electron chi connectivity index (χ2n) is 6.84. The first-order valence-corrected chi connectivity index (χ1v) is 8.90. The van der Waals surface area contributed by atoms with E-state index in [4.69, 9.17) is 4.42 Å². The molecule has 4 aromatic rings. The van der Waals surface area contributed by atoms with Crippen molar-refractivity contribution >= 4 is 10.9 Å². The molecule has 130 valence electrons. The molecule has 0 bridgehead atoms. The maximum Gasteiger partial charge on any atom is 0.128 e. The molecule has 26 heavy (non-hydrogen) atoms. The van der Waals surface area contributed by atoms with Crippen LogP contribution in [0.3, 0.4) is 0 Å². The van der Waals surface area contributed by atoms with Crippen LogP contribution in [-0.2, 0) is 13.0 Å². The molecular formula is C22H19FN2O. The monoisotopic (exact) mass is 346 g/mol. The maximum atomic E-state index is 14.7. The summed E-state index contributed by atoms with van der Waals surface area (Å²) in [5.74, 6) is -0.166. The van der Waals surface area contributed by atoms with Crippen LogP contribution in [0.2, 0.25) is 0 Å². The minimum Gasteiger partial charge on any atom is -0.472 e. The third kappa shape index (κ3) is 2.45. The van der Waals surface area contributed by atoms with Crippen molar-refractivity contribution in [2.45, 2.75) is 19.0 Å². The van der Waals surface area contributed by atoms with Crippen molar-refractivity contribution in [1.29, 1.82) is 0 Å². The van der Waals surface area contributed by atoms with Crippen LogP contribution in [0, 0.1) is 5.82 Å². The highest BCUT2D eigenvalue weighted by Crippen LogP contribution is 2.39. The minimum atomic E-state index is -0.166. The van der Waals surface area contributed by atoms with Crippen LogP contribution in [0.4, 0.5) is 4.39 Å². The molecule has 0 aliphatic carbocycles. The number of furan rings is 1. The number of fused-ring (bicyclic) bond motifs is 3. The quantitative estimate of drug-likeness (QED) is 0.563. The van der Waals surface area contributed by atoms with Crippen molar-refractivity contribution in [2.24, 2.45) is 0 Å². The van der Waals surface area contributed by atoms with Crippen LogP contribution in [-0.4, -0.2) is 16.4 Å². The van der Waals surface area contributed by atoms with Crippen LogP contribution in [0.5, 0.6) is 0 Å². The number of halogens is 1. The molecule has 0 fully saturated rings.